The van der Waals surface area contributed by atoms with Crippen molar-refractivity contribution in [1.82, 2.24) is 24.8 Å². The molecule has 0 fully saturated rings. The van der Waals surface area contributed by atoms with Crippen LogP contribution in [-0.4, -0.2) is 32.0 Å². The van der Waals surface area contributed by atoms with Crippen molar-refractivity contribution in [2.45, 2.75) is 13.0 Å². The van der Waals surface area contributed by atoms with Crippen LogP contribution < -0.4 is 16.4 Å². The number of nitrogens with zero attached hydrogens (tertiary/aromatic N) is 4. The number of amides is 1. The second-order valence-electron chi connectivity index (χ2n) is 7.32. The average molecular weight is 466 g/mol. The first-order chi connectivity index (χ1) is 15.9. The van der Waals surface area contributed by atoms with Gasteiger partial charge in [0, 0.05) is 35.2 Å². The quantitative estimate of drug-likeness (QED) is 0.381. The van der Waals surface area contributed by atoms with E-state index in [0.29, 0.717) is 22.5 Å². The van der Waals surface area contributed by atoms with Gasteiger partial charge in [0.2, 0.25) is 5.95 Å². The van der Waals surface area contributed by atoms with Crippen LogP contribution in [0.25, 0.3) is 5.82 Å². The van der Waals surface area contributed by atoms with E-state index in [2.05, 4.69) is 25.6 Å². The van der Waals surface area contributed by atoms with E-state index in [1.165, 1.54) is 18.5 Å². The minimum atomic E-state index is -0.409. The molecule has 4 aromatic rings. The Balaban J connectivity index is 1.52. The minimum absolute atomic E-state index is 0.205. The zero-order valence-corrected chi connectivity index (χ0v) is 18.4. The summed E-state index contributed by atoms with van der Waals surface area (Å²) in [4.78, 5) is 25.8. The molecular formula is C23H21ClFN7O. The first kappa shape index (κ1) is 22.4. The lowest BCUT2D eigenvalue weighted by Gasteiger charge is -2.16. The zero-order chi connectivity index (χ0) is 23.4. The van der Waals surface area contributed by atoms with Gasteiger partial charge in [-0.3, -0.25) is 9.36 Å². The van der Waals surface area contributed by atoms with Crippen LogP contribution >= 0.6 is 11.6 Å². The highest BCUT2D eigenvalue weighted by atomic mass is 35.5. The molecule has 0 unspecified atom stereocenters. The summed E-state index contributed by atoms with van der Waals surface area (Å²) in [6, 6.07) is 12.6. The van der Waals surface area contributed by atoms with Crippen LogP contribution in [0.15, 0.2) is 67.3 Å². The monoisotopic (exact) mass is 465 g/mol. The molecule has 0 saturated carbocycles. The summed E-state index contributed by atoms with van der Waals surface area (Å²) < 4.78 is 14.8. The number of benzene rings is 2. The van der Waals surface area contributed by atoms with Crippen molar-refractivity contribution in [3.05, 3.63) is 94.9 Å². The zero-order valence-electron chi connectivity index (χ0n) is 17.7. The number of nitrogens with two attached hydrogens (primary N) is 1. The molecule has 0 bridgehead atoms. The Morgan fingerprint density at radius 2 is 2.00 bits per heavy atom. The average Bonchev–Trinajstić information content (AvgIpc) is 3.30. The first-order valence-electron chi connectivity index (χ1n) is 10.1. The lowest BCUT2D eigenvalue weighted by Crippen LogP contribution is -2.33. The Kier molecular flexibility index (Phi) is 6.62. The van der Waals surface area contributed by atoms with E-state index in [9.17, 15) is 9.18 Å². The number of imidazole rings is 1. The topological polar surface area (TPSA) is 111 Å². The van der Waals surface area contributed by atoms with Gasteiger partial charge in [0.25, 0.3) is 5.91 Å². The van der Waals surface area contributed by atoms with Gasteiger partial charge >= 0.3 is 0 Å². The molecule has 1 atom stereocenters. The van der Waals surface area contributed by atoms with Crippen molar-refractivity contribution in [1.29, 1.82) is 0 Å². The largest absolute Gasteiger partial charge is 0.343 e. The standard InChI is InChI=1S/C23H21ClFN7O/c1-14-11-27-23(29-18-7-5-17(25)6-8-18)31-21(14)32-12-20(28-13-32)22(33)30-19(10-26)15-3-2-4-16(24)9-15/h2-9,11-13,19H,10,26H2,1H3,(H,30,33)(H,27,29,31)/t19-/m0/s1. The predicted molar refractivity (Wildman–Crippen MR) is 124 cm³/mol. The molecule has 2 aromatic carbocycles. The third-order valence-corrected chi connectivity index (χ3v) is 5.13. The summed E-state index contributed by atoms with van der Waals surface area (Å²) in [6.45, 7) is 2.05. The maximum Gasteiger partial charge on any atom is 0.272 e. The maximum absolute atomic E-state index is 13.1. The normalized spacial score (nSPS) is 11.8. The second-order valence-corrected chi connectivity index (χ2v) is 7.75. The van der Waals surface area contributed by atoms with Crippen molar-refractivity contribution >= 4 is 29.1 Å². The fraction of sp³-hybridized carbons (Fsp3) is 0.130. The van der Waals surface area contributed by atoms with Crippen molar-refractivity contribution in [3.63, 3.8) is 0 Å². The summed E-state index contributed by atoms with van der Waals surface area (Å²) in [5, 5.41) is 6.47. The maximum atomic E-state index is 13.1. The predicted octanol–water partition coefficient (Wildman–Crippen LogP) is 3.94. The van der Waals surface area contributed by atoms with E-state index in [4.69, 9.17) is 17.3 Å². The van der Waals surface area contributed by atoms with E-state index < -0.39 is 6.04 Å². The molecule has 4 rings (SSSR count). The highest BCUT2D eigenvalue weighted by Crippen LogP contribution is 2.19. The summed E-state index contributed by atoms with van der Waals surface area (Å²) >= 11 is 6.05. The van der Waals surface area contributed by atoms with Crippen molar-refractivity contribution in [3.8, 4) is 5.82 Å². The van der Waals surface area contributed by atoms with Crippen LogP contribution in [0, 0.1) is 12.7 Å². The van der Waals surface area contributed by atoms with Gasteiger partial charge in [0.15, 0.2) is 0 Å². The molecule has 0 saturated heterocycles. The molecule has 1 amide bonds. The number of hydrogen-bond donors (Lipinski definition) is 3. The molecule has 2 heterocycles. The molecule has 0 radical (unpaired) electrons. The van der Waals surface area contributed by atoms with Crippen LogP contribution in [0.5, 0.6) is 0 Å². The van der Waals surface area contributed by atoms with Gasteiger partial charge in [-0.05, 0) is 48.9 Å². The number of carbonyl (C=O) groups is 1. The number of hydrogen-bond acceptors (Lipinski definition) is 6. The minimum Gasteiger partial charge on any atom is -0.343 e. The summed E-state index contributed by atoms with van der Waals surface area (Å²) in [5.41, 5.74) is 8.30. The number of anilines is 2. The smallest absolute Gasteiger partial charge is 0.272 e. The molecule has 8 nitrogen and oxygen atoms in total. The van der Waals surface area contributed by atoms with Gasteiger partial charge in [0.05, 0.1) is 6.04 Å². The molecule has 4 N–H and O–H groups in total. The summed E-state index contributed by atoms with van der Waals surface area (Å²) in [6.07, 6.45) is 4.73. The van der Waals surface area contributed by atoms with Crippen LogP contribution in [0.2, 0.25) is 5.02 Å². The fourth-order valence-corrected chi connectivity index (χ4v) is 3.41. The molecular weight excluding hydrogens is 445 g/mol. The molecule has 0 aliphatic rings. The van der Waals surface area contributed by atoms with Crippen molar-refractivity contribution in [2.75, 3.05) is 11.9 Å². The number of nitrogens with one attached hydrogen (secondary N) is 2. The fourth-order valence-electron chi connectivity index (χ4n) is 3.21. The highest BCUT2D eigenvalue weighted by Gasteiger charge is 2.18. The Hall–Kier alpha value is -3.82. The number of halogens is 2. The third kappa shape index (κ3) is 5.33. The molecule has 2 aromatic heterocycles. The number of carbonyl (C=O) groups excluding carboxylic acids is 1. The number of aryl methyl sites for hydroxylation is 1. The van der Waals surface area contributed by atoms with Gasteiger partial charge in [-0.25, -0.2) is 14.4 Å². The van der Waals surface area contributed by atoms with Gasteiger partial charge in [0.1, 0.15) is 23.7 Å². The third-order valence-electron chi connectivity index (χ3n) is 4.90. The van der Waals surface area contributed by atoms with Gasteiger partial charge in [-0.2, -0.15) is 4.98 Å². The van der Waals surface area contributed by atoms with Crippen LogP contribution in [0.3, 0.4) is 0 Å². The summed E-state index contributed by atoms with van der Waals surface area (Å²) in [5.74, 6) is 0.167. The van der Waals surface area contributed by atoms with E-state index in [1.54, 1.807) is 47.3 Å². The van der Waals surface area contributed by atoms with E-state index in [-0.39, 0.29) is 24.0 Å². The Morgan fingerprint density at radius 1 is 1.21 bits per heavy atom. The molecule has 168 valence electrons. The number of rotatable bonds is 7. The second kappa shape index (κ2) is 9.76. The molecule has 0 spiro atoms. The van der Waals surface area contributed by atoms with Gasteiger partial charge in [-0.1, -0.05) is 23.7 Å². The van der Waals surface area contributed by atoms with Gasteiger partial charge < -0.3 is 16.4 Å². The van der Waals surface area contributed by atoms with Crippen LogP contribution in [-0.2, 0) is 0 Å². The lowest BCUT2D eigenvalue weighted by atomic mass is 10.1. The molecule has 0 aliphatic carbocycles. The summed E-state index contributed by atoms with van der Waals surface area (Å²) in [7, 11) is 0. The van der Waals surface area contributed by atoms with Crippen LogP contribution in [0.1, 0.15) is 27.7 Å². The van der Waals surface area contributed by atoms with E-state index >= 15 is 0 Å². The SMILES string of the molecule is Cc1cnc(Nc2ccc(F)cc2)nc1-n1cnc(C(=O)N[C@@H](CN)c2cccc(Cl)c2)c1. The van der Waals surface area contributed by atoms with Crippen molar-refractivity contribution in [2.24, 2.45) is 5.73 Å². The number of aromatic nitrogens is 4. The lowest BCUT2D eigenvalue weighted by molar-refractivity contribution is 0.0933. The van der Waals surface area contributed by atoms with Crippen LogP contribution in [0.4, 0.5) is 16.0 Å². The molecule has 33 heavy (non-hydrogen) atoms. The van der Waals surface area contributed by atoms with Gasteiger partial charge in [-0.15, -0.1) is 0 Å². The van der Waals surface area contributed by atoms with E-state index in [1.807, 2.05) is 13.0 Å². The van der Waals surface area contributed by atoms with Crippen molar-refractivity contribution < 1.29 is 9.18 Å². The highest BCUT2D eigenvalue weighted by molar-refractivity contribution is 6.30. The first-order valence-corrected chi connectivity index (χ1v) is 10.5. The molecule has 10 heteroatoms. The Morgan fingerprint density at radius 3 is 2.73 bits per heavy atom. The Bertz CT molecular complexity index is 1280. The Labute approximate surface area is 194 Å². The van der Waals surface area contributed by atoms with E-state index in [0.717, 1.165) is 11.1 Å². The molecule has 0 aliphatic heterocycles.